The smallest absolute Gasteiger partial charge is 0.257 e. The van der Waals surface area contributed by atoms with Crippen molar-refractivity contribution in [2.45, 2.75) is 6.54 Å². The number of hydrogen-bond donors (Lipinski definition) is 1. The van der Waals surface area contributed by atoms with Gasteiger partial charge >= 0.3 is 0 Å². The van der Waals surface area contributed by atoms with E-state index in [1.54, 1.807) is 44.6 Å². The van der Waals surface area contributed by atoms with Crippen molar-refractivity contribution in [1.29, 1.82) is 0 Å². The van der Waals surface area contributed by atoms with Crippen LogP contribution in [0, 0.1) is 0 Å². The molecular weight excluding hydrogens is 380 g/mol. The molecule has 1 aromatic heterocycles. The van der Waals surface area contributed by atoms with Crippen molar-refractivity contribution < 1.29 is 14.3 Å². The second-order valence-electron chi connectivity index (χ2n) is 6.07. The highest BCUT2D eigenvalue weighted by atomic mass is 35.5. The molecule has 0 aliphatic carbocycles. The molecule has 0 saturated heterocycles. The van der Waals surface area contributed by atoms with Gasteiger partial charge in [0.1, 0.15) is 11.5 Å². The highest BCUT2D eigenvalue weighted by molar-refractivity contribution is 6.30. The lowest BCUT2D eigenvalue weighted by atomic mass is 10.2. The first kappa shape index (κ1) is 19.5. The molecule has 1 N–H and O–H groups in total. The molecule has 0 aliphatic heterocycles. The van der Waals surface area contributed by atoms with Crippen molar-refractivity contribution >= 4 is 23.2 Å². The minimum Gasteiger partial charge on any atom is -0.497 e. The van der Waals surface area contributed by atoms with Gasteiger partial charge < -0.3 is 19.4 Å². The summed E-state index contributed by atoms with van der Waals surface area (Å²) in [7, 11) is 3.12. The summed E-state index contributed by atoms with van der Waals surface area (Å²) in [6.45, 7) is 0.269. The van der Waals surface area contributed by atoms with Gasteiger partial charge in [-0.2, -0.15) is 0 Å². The standard InChI is InChI=1S/C21H19ClN2O4/c1-27-18-8-14(9-19(11-18)28-2)12-24-13-15(6-7-20(24)25)21(26)23-17-5-3-4-16(22)10-17/h3-11,13H,12H2,1-2H3,(H,23,26). The van der Waals surface area contributed by atoms with Gasteiger partial charge in [0.25, 0.3) is 11.5 Å². The van der Waals surface area contributed by atoms with Gasteiger partial charge in [0.05, 0.1) is 26.3 Å². The molecule has 0 fully saturated rings. The molecule has 28 heavy (non-hydrogen) atoms. The summed E-state index contributed by atoms with van der Waals surface area (Å²) in [6.07, 6.45) is 1.52. The average Bonchev–Trinajstić information content (AvgIpc) is 2.69. The average molecular weight is 399 g/mol. The number of nitrogens with zero attached hydrogens (tertiary/aromatic N) is 1. The van der Waals surface area contributed by atoms with Crippen LogP contribution in [0.2, 0.25) is 5.02 Å². The van der Waals surface area contributed by atoms with Crippen LogP contribution in [0.3, 0.4) is 0 Å². The maximum absolute atomic E-state index is 12.5. The van der Waals surface area contributed by atoms with Gasteiger partial charge in [0, 0.05) is 29.0 Å². The second-order valence-corrected chi connectivity index (χ2v) is 6.51. The van der Waals surface area contributed by atoms with Crippen LogP contribution in [-0.4, -0.2) is 24.7 Å². The third-order valence-electron chi connectivity index (χ3n) is 4.09. The maximum Gasteiger partial charge on any atom is 0.257 e. The molecule has 1 amide bonds. The van der Waals surface area contributed by atoms with Crippen molar-refractivity contribution in [2.75, 3.05) is 19.5 Å². The molecule has 3 aromatic rings. The summed E-state index contributed by atoms with van der Waals surface area (Å²) in [4.78, 5) is 24.8. The Labute approximate surface area is 167 Å². The Morgan fingerprint density at radius 2 is 1.75 bits per heavy atom. The molecule has 0 radical (unpaired) electrons. The Balaban J connectivity index is 1.85. The minimum absolute atomic E-state index is 0.221. The first-order chi connectivity index (χ1) is 13.5. The highest BCUT2D eigenvalue weighted by Gasteiger charge is 2.10. The molecule has 0 atom stereocenters. The van der Waals surface area contributed by atoms with Crippen LogP contribution in [-0.2, 0) is 6.54 Å². The van der Waals surface area contributed by atoms with Gasteiger partial charge in [0.15, 0.2) is 0 Å². The van der Waals surface area contributed by atoms with E-state index in [-0.39, 0.29) is 18.0 Å². The van der Waals surface area contributed by atoms with Crippen molar-refractivity contribution in [3.05, 3.63) is 87.3 Å². The quantitative estimate of drug-likeness (QED) is 0.685. The van der Waals surface area contributed by atoms with E-state index in [0.29, 0.717) is 27.8 Å². The Kier molecular flexibility index (Phi) is 6.01. The fraction of sp³-hybridized carbons (Fsp3) is 0.143. The van der Waals surface area contributed by atoms with Crippen LogP contribution < -0.4 is 20.3 Å². The number of anilines is 1. The van der Waals surface area contributed by atoms with Crippen molar-refractivity contribution in [3.63, 3.8) is 0 Å². The molecule has 144 valence electrons. The molecule has 1 heterocycles. The predicted octanol–water partition coefficient (Wildman–Crippen LogP) is 3.82. The van der Waals surface area contributed by atoms with Crippen LogP contribution >= 0.6 is 11.6 Å². The maximum atomic E-state index is 12.5. The zero-order chi connectivity index (χ0) is 20.1. The Morgan fingerprint density at radius 3 is 2.39 bits per heavy atom. The van der Waals surface area contributed by atoms with Crippen LogP contribution in [0.4, 0.5) is 5.69 Å². The summed E-state index contributed by atoms with van der Waals surface area (Å²) >= 11 is 5.94. The number of methoxy groups -OCH3 is 2. The van der Waals surface area contributed by atoms with Crippen LogP contribution in [0.1, 0.15) is 15.9 Å². The van der Waals surface area contributed by atoms with Crippen LogP contribution in [0.15, 0.2) is 65.6 Å². The number of rotatable bonds is 6. The van der Waals surface area contributed by atoms with E-state index >= 15 is 0 Å². The number of pyridine rings is 1. The minimum atomic E-state index is -0.334. The third kappa shape index (κ3) is 4.72. The van der Waals surface area contributed by atoms with E-state index in [0.717, 1.165) is 5.56 Å². The normalized spacial score (nSPS) is 10.4. The number of ether oxygens (including phenoxy) is 2. The molecule has 0 bridgehead atoms. The predicted molar refractivity (Wildman–Crippen MR) is 109 cm³/mol. The molecule has 0 unspecified atom stereocenters. The van der Waals surface area contributed by atoms with Gasteiger partial charge in [-0.3, -0.25) is 9.59 Å². The van der Waals surface area contributed by atoms with E-state index in [2.05, 4.69) is 5.32 Å². The van der Waals surface area contributed by atoms with Crippen molar-refractivity contribution in [3.8, 4) is 11.5 Å². The molecule has 6 nitrogen and oxygen atoms in total. The summed E-state index contributed by atoms with van der Waals surface area (Å²) in [5.41, 5.74) is 1.52. The SMILES string of the molecule is COc1cc(Cn2cc(C(=O)Nc3cccc(Cl)c3)ccc2=O)cc(OC)c1. The molecule has 0 aliphatic rings. The third-order valence-corrected chi connectivity index (χ3v) is 4.33. The van der Waals surface area contributed by atoms with Gasteiger partial charge in [-0.05, 0) is 42.0 Å². The molecule has 7 heteroatoms. The van der Waals surface area contributed by atoms with Gasteiger partial charge in [-0.1, -0.05) is 17.7 Å². The van der Waals surface area contributed by atoms with E-state index in [4.69, 9.17) is 21.1 Å². The largest absolute Gasteiger partial charge is 0.497 e. The Hall–Kier alpha value is -3.25. The number of hydrogen-bond acceptors (Lipinski definition) is 4. The number of amides is 1. The Bertz CT molecular complexity index is 1040. The number of halogens is 1. The topological polar surface area (TPSA) is 69.6 Å². The van der Waals surface area contributed by atoms with Gasteiger partial charge in [0.2, 0.25) is 0 Å². The second kappa shape index (κ2) is 8.63. The summed E-state index contributed by atoms with van der Waals surface area (Å²) in [5, 5.41) is 3.29. The number of aromatic nitrogens is 1. The first-order valence-corrected chi connectivity index (χ1v) is 8.85. The van der Waals surface area contributed by atoms with Crippen LogP contribution in [0.25, 0.3) is 0 Å². The monoisotopic (exact) mass is 398 g/mol. The zero-order valence-electron chi connectivity index (χ0n) is 15.4. The molecule has 0 spiro atoms. The summed E-state index contributed by atoms with van der Waals surface area (Å²) in [5.74, 6) is 0.911. The Morgan fingerprint density at radius 1 is 1.04 bits per heavy atom. The molecule has 2 aromatic carbocycles. The fourth-order valence-electron chi connectivity index (χ4n) is 2.71. The first-order valence-electron chi connectivity index (χ1n) is 8.48. The van der Waals surface area contributed by atoms with Crippen LogP contribution in [0.5, 0.6) is 11.5 Å². The zero-order valence-corrected chi connectivity index (χ0v) is 16.2. The summed E-state index contributed by atoms with van der Waals surface area (Å²) in [6, 6.07) is 15.1. The van der Waals surface area contributed by atoms with E-state index < -0.39 is 0 Å². The lowest BCUT2D eigenvalue weighted by molar-refractivity contribution is 0.102. The lowest BCUT2D eigenvalue weighted by Crippen LogP contribution is -2.22. The van der Waals surface area contributed by atoms with E-state index in [1.807, 2.05) is 12.1 Å². The number of nitrogens with one attached hydrogen (secondary N) is 1. The van der Waals surface area contributed by atoms with E-state index in [9.17, 15) is 9.59 Å². The van der Waals surface area contributed by atoms with Crippen molar-refractivity contribution in [1.82, 2.24) is 4.57 Å². The van der Waals surface area contributed by atoms with Crippen molar-refractivity contribution in [2.24, 2.45) is 0 Å². The highest BCUT2D eigenvalue weighted by Crippen LogP contribution is 2.23. The summed E-state index contributed by atoms with van der Waals surface area (Å²) < 4.78 is 12.0. The van der Waals surface area contributed by atoms with Gasteiger partial charge in [-0.25, -0.2) is 0 Å². The lowest BCUT2D eigenvalue weighted by Gasteiger charge is -2.11. The number of carbonyl (C=O) groups is 1. The number of carbonyl (C=O) groups excluding carboxylic acids is 1. The molecule has 0 saturated carbocycles. The van der Waals surface area contributed by atoms with E-state index in [1.165, 1.54) is 22.9 Å². The van der Waals surface area contributed by atoms with Gasteiger partial charge in [-0.15, -0.1) is 0 Å². The fourth-order valence-corrected chi connectivity index (χ4v) is 2.90. The molecule has 3 rings (SSSR count). The molecular formula is C21H19ClN2O4. The number of benzene rings is 2.